The van der Waals surface area contributed by atoms with Gasteiger partial charge in [-0.3, -0.25) is 4.79 Å². The first-order chi connectivity index (χ1) is 12.2. The van der Waals surface area contributed by atoms with E-state index in [1.54, 1.807) is 13.3 Å². The highest BCUT2D eigenvalue weighted by Gasteiger charge is 2.19. The van der Waals surface area contributed by atoms with Crippen LogP contribution in [0.15, 0.2) is 18.3 Å². The fourth-order valence-corrected chi connectivity index (χ4v) is 3.63. The number of hydrogen-bond donors (Lipinski definition) is 0. The number of hydrogen-bond acceptors (Lipinski definition) is 4. The molecule has 0 radical (unpaired) electrons. The van der Waals surface area contributed by atoms with Crippen LogP contribution in [0, 0.1) is 0 Å². The van der Waals surface area contributed by atoms with Gasteiger partial charge >= 0.3 is 0 Å². The van der Waals surface area contributed by atoms with Gasteiger partial charge in [0.05, 0.1) is 12.6 Å². The average Bonchev–Trinajstić information content (AvgIpc) is 3.01. The number of amides is 1. The van der Waals surface area contributed by atoms with E-state index in [9.17, 15) is 4.79 Å². The summed E-state index contributed by atoms with van der Waals surface area (Å²) in [5.41, 5.74) is 1.80. The van der Waals surface area contributed by atoms with E-state index < -0.39 is 0 Å². The first-order valence-electron chi connectivity index (χ1n) is 9.29. The van der Waals surface area contributed by atoms with Crippen LogP contribution in [0.4, 0.5) is 0 Å². The number of likely N-dealkylation sites (tertiary alicyclic amines) is 1. The molecule has 0 aliphatic carbocycles. The fourth-order valence-electron chi connectivity index (χ4n) is 3.63. The van der Waals surface area contributed by atoms with E-state index in [-0.39, 0.29) is 11.9 Å². The molecule has 3 heterocycles. The standard InChI is InChI=1S/C19H28N4O2/c1-15(14-25-2)23-17(21-16-8-7-11-20-19(16)23)9-6-10-18(24)22-12-4-3-5-13-22/h7-8,11,15H,3-6,9-10,12-14H2,1-2H3/t15-/m0/s1. The van der Waals surface area contributed by atoms with Crippen molar-refractivity contribution < 1.29 is 9.53 Å². The maximum Gasteiger partial charge on any atom is 0.222 e. The molecular formula is C19H28N4O2. The van der Waals surface area contributed by atoms with Crippen molar-refractivity contribution in [2.75, 3.05) is 26.8 Å². The molecule has 6 heteroatoms. The molecule has 2 aromatic heterocycles. The normalized spacial score (nSPS) is 16.3. The van der Waals surface area contributed by atoms with Crippen molar-refractivity contribution in [1.29, 1.82) is 0 Å². The van der Waals surface area contributed by atoms with Gasteiger partial charge in [0, 0.05) is 39.2 Å². The summed E-state index contributed by atoms with van der Waals surface area (Å²) in [5, 5.41) is 0. The Morgan fingerprint density at radius 3 is 2.88 bits per heavy atom. The Morgan fingerprint density at radius 2 is 2.12 bits per heavy atom. The second-order valence-corrected chi connectivity index (χ2v) is 6.84. The van der Waals surface area contributed by atoms with Crippen molar-refractivity contribution in [2.24, 2.45) is 0 Å². The van der Waals surface area contributed by atoms with Gasteiger partial charge < -0.3 is 14.2 Å². The zero-order valence-corrected chi connectivity index (χ0v) is 15.3. The second kappa shape index (κ2) is 8.43. The Morgan fingerprint density at radius 1 is 1.32 bits per heavy atom. The van der Waals surface area contributed by atoms with Crippen LogP contribution in [-0.4, -0.2) is 52.1 Å². The van der Waals surface area contributed by atoms with E-state index >= 15 is 0 Å². The van der Waals surface area contributed by atoms with E-state index in [0.717, 1.165) is 55.8 Å². The Bertz CT molecular complexity index is 707. The molecule has 0 spiro atoms. The van der Waals surface area contributed by atoms with Gasteiger partial charge in [-0.25, -0.2) is 9.97 Å². The van der Waals surface area contributed by atoms with Crippen molar-refractivity contribution in [3.8, 4) is 0 Å². The maximum absolute atomic E-state index is 12.3. The third-order valence-electron chi connectivity index (χ3n) is 4.87. The number of imidazole rings is 1. The largest absolute Gasteiger partial charge is 0.383 e. The highest BCUT2D eigenvalue weighted by Crippen LogP contribution is 2.21. The number of pyridine rings is 1. The van der Waals surface area contributed by atoms with Crippen molar-refractivity contribution >= 4 is 17.1 Å². The Labute approximate surface area is 149 Å². The first-order valence-corrected chi connectivity index (χ1v) is 9.29. The molecule has 0 aromatic carbocycles. The minimum atomic E-state index is 0.165. The van der Waals surface area contributed by atoms with Crippen molar-refractivity contribution in [1.82, 2.24) is 19.4 Å². The molecule has 136 valence electrons. The molecule has 3 rings (SSSR count). The lowest BCUT2D eigenvalue weighted by Crippen LogP contribution is -2.35. The van der Waals surface area contributed by atoms with Crippen LogP contribution in [0.1, 0.15) is 50.9 Å². The number of piperidine rings is 1. The number of fused-ring (bicyclic) bond motifs is 1. The quantitative estimate of drug-likeness (QED) is 0.775. The summed E-state index contributed by atoms with van der Waals surface area (Å²) < 4.78 is 7.47. The predicted octanol–water partition coefficient (Wildman–Crippen LogP) is 2.97. The summed E-state index contributed by atoms with van der Waals surface area (Å²) in [5.74, 6) is 1.27. The molecule has 6 nitrogen and oxygen atoms in total. The molecule has 0 saturated carbocycles. The summed E-state index contributed by atoms with van der Waals surface area (Å²) in [7, 11) is 1.71. The Balaban J connectivity index is 1.68. The number of carbonyl (C=O) groups is 1. The number of nitrogens with zero attached hydrogens (tertiary/aromatic N) is 4. The van der Waals surface area contributed by atoms with Gasteiger partial charge in [-0.2, -0.15) is 0 Å². The van der Waals surface area contributed by atoms with Gasteiger partial charge in [-0.15, -0.1) is 0 Å². The minimum Gasteiger partial charge on any atom is -0.383 e. The molecule has 0 unspecified atom stereocenters. The van der Waals surface area contributed by atoms with Crippen LogP contribution >= 0.6 is 0 Å². The zero-order chi connectivity index (χ0) is 17.6. The SMILES string of the molecule is COC[C@H](C)n1c(CCCC(=O)N2CCCCC2)nc2cccnc21. The summed E-state index contributed by atoms with van der Waals surface area (Å²) in [6.45, 7) is 4.57. The molecule has 0 N–H and O–H groups in total. The Kier molecular flexibility index (Phi) is 6.02. The van der Waals surface area contributed by atoms with E-state index in [1.807, 2.05) is 17.0 Å². The average molecular weight is 344 g/mol. The van der Waals surface area contributed by atoms with E-state index in [4.69, 9.17) is 9.72 Å². The van der Waals surface area contributed by atoms with Gasteiger partial charge in [0.25, 0.3) is 0 Å². The molecule has 25 heavy (non-hydrogen) atoms. The fraction of sp³-hybridized carbons (Fsp3) is 0.632. The second-order valence-electron chi connectivity index (χ2n) is 6.84. The van der Waals surface area contributed by atoms with Gasteiger partial charge in [0.2, 0.25) is 5.91 Å². The van der Waals surface area contributed by atoms with Gasteiger partial charge in [-0.1, -0.05) is 0 Å². The predicted molar refractivity (Wildman–Crippen MR) is 97.5 cm³/mol. The molecule has 1 atom stereocenters. The number of carbonyl (C=O) groups excluding carboxylic acids is 1. The molecule has 1 amide bonds. The highest BCUT2D eigenvalue weighted by molar-refractivity contribution is 5.76. The van der Waals surface area contributed by atoms with Crippen molar-refractivity contribution in [2.45, 2.75) is 51.5 Å². The van der Waals surface area contributed by atoms with Gasteiger partial charge in [0.1, 0.15) is 11.3 Å². The van der Waals surface area contributed by atoms with Gasteiger partial charge in [0.15, 0.2) is 5.65 Å². The van der Waals surface area contributed by atoms with Crippen LogP contribution in [-0.2, 0) is 16.0 Å². The number of rotatable bonds is 7. The molecule has 2 aromatic rings. The number of methoxy groups -OCH3 is 1. The topological polar surface area (TPSA) is 60.2 Å². The van der Waals surface area contributed by atoms with E-state index in [1.165, 1.54) is 6.42 Å². The molecule has 1 aliphatic rings. The summed E-state index contributed by atoms with van der Waals surface area (Å²) in [6.07, 6.45) is 7.52. The summed E-state index contributed by atoms with van der Waals surface area (Å²) in [6, 6.07) is 4.06. The number of aryl methyl sites for hydroxylation is 1. The lowest BCUT2D eigenvalue weighted by atomic mass is 10.1. The molecule has 1 fully saturated rings. The van der Waals surface area contributed by atoms with Crippen LogP contribution in [0.25, 0.3) is 11.2 Å². The molecule has 1 saturated heterocycles. The summed E-state index contributed by atoms with van der Waals surface area (Å²) >= 11 is 0. The Hall–Kier alpha value is -1.95. The minimum absolute atomic E-state index is 0.165. The smallest absolute Gasteiger partial charge is 0.222 e. The van der Waals surface area contributed by atoms with Crippen LogP contribution in [0.2, 0.25) is 0 Å². The lowest BCUT2D eigenvalue weighted by molar-refractivity contribution is -0.132. The van der Waals surface area contributed by atoms with Crippen LogP contribution < -0.4 is 0 Å². The number of aromatic nitrogens is 3. The van der Waals surface area contributed by atoms with Crippen LogP contribution in [0.3, 0.4) is 0 Å². The van der Waals surface area contributed by atoms with E-state index in [2.05, 4.69) is 16.5 Å². The number of ether oxygens (including phenoxy) is 1. The molecule has 0 bridgehead atoms. The maximum atomic E-state index is 12.3. The molecular weight excluding hydrogens is 316 g/mol. The van der Waals surface area contributed by atoms with Gasteiger partial charge in [-0.05, 0) is 44.7 Å². The summed E-state index contributed by atoms with van der Waals surface area (Å²) in [4.78, 5) is 23.6. The zero-order valence-electron chi connectivity index (χ0n) is 15.3. The monoisotopic (exact) mass is 344 g/mol. The lowest BCUT2D eigenvalue weighted by Gasteiger charge is -2.26. The third kappa shape index (κ3) is 4.18. The van der Waals surface area contributed by atoms with E-state index in [0.29, 0.717) is 13.0 Å². The molecule has 1 aliphatic heterocycles. The van der Waals surface area contributed by atoms with Crippen LogP contribution in [0.5, 0.6) is 0 Å². The van der Waals surface area contributed by atoms with Crippen molar-refractivity contribution in [3.05, 3.63) is 24.2 Å². The highest BCUT2D eigenvalue weighted by atomic mass is 16.5. The third-order valence-corrected chi connectivity index (χ3v) is 4.87. The van der Waals surface area contributed by atoms with Crippen molar-refractivity contribution in [3.63, 3.8) is 0 Å². The first kappa shape index (κ1) is 17.9.